The van der Waals surface area contributed by atoms with Crippen molar-refractivity contribution in [2.24, 2.45) is 0 Å². The standard InChI is InChI=1S/C15H15N3O2S2/c1-8-12(9(2)22-18-8)17-14(20)15(3)13(19)16-10-6-4-5-7-11(10)21-15/h4-7H,1-3H3,(H,16,19)(H,17,20). The van der Waals surface area contributed by atoms with Gasteiger partial charge in [-0.25, -0.2) is 0 Å². The zero-order valence-corrected chi connectivity index (χ0v) is 14.0. The molecule has 0 saturated carbocycles. The van der Waals surface area contributed by atoms with Gasteiger partial charge in [0, 0.05) is 9.77 Å². The number of carbonyl (C=O) groups is 2. The zero-order valence-electron chi connectivity index (χ0n) is 12.4. The van der Waals surface area contributed by atoms with Crippen LogP contribution >= 0.6 is 23.3 Å². The minimum Gasteiger partial charge on any atom is -0.323 e. The van der Waals surface area contributed by atoms with E-state index in [2.05, 4.69) is 15.0 Å². The Labute approximate surface area is 136 Å². The predicted molar refractivity (Wildman–Crippen MR) is 89.6 cm³/mol. The largest absolute Gasteiger partial charge is 0.323 e. The number of carbonyl (C=O) groups excluding carboxylic acids is 2. The number of benzene rings is 1. The van der Waals surface area contributed by atoms with Gasteiger partial charge in [-0.3, -0.25) is 9.59 Å². The van der Waals surface area contributed by atoms with E-state index in [1.807, 2.05) is 38.1 Å². The second kappa shape index (κ2) is 5.40. The number of hydrogen-bond acceptors (Lipinski definition) is 5. The highest BCUT2D eigenvalue weighted by molar-refractivity contribution is 8.02. The third-order valence-electron chi connectivity index (χ3n) is 3.59. The maximum absolute atomic E-state index is 12.7. The topological polar surface area (TPSA) is 71.1 Å². The number of amides is 2. The van der Waals surface area contributed by atoms with E-state index in [4.69, 9.17) is 0 Å². The SMILES string of the molecule is Cc1nsc(C)c1NC(=O)C1(C)Sc2ccccc2NC1=O. The fourth-order valence-electron chi connectivity index (χ4n) is 2.21. The Morgan fingerprint density at radius 1 is 1.32 bits per heavy atom. The minimum atomic E-state index is -1.21. The molecule has 1 aliphatic rings. The van der Waals surface area contributed by atoms with Crippen molar-refractivity contribution >= 4 is 46.5 Å². The second-order valence-electron chi connectivity index (χ2n) is 5.24. The maximum atomic E-state index is 12.7. The molecule has 2 aromatic rings. The Kier molecular flexibility index (Phi) is 3.70. The molecule has 22 heavy (non-hydrogen) atoms. The molecular formula is C15H15N3O2S2. The highest BCUT2D eigenvalue weighted by Gasteiger charge is 2.46. The fourth-order valence-corrected chi connectivity index (χ4v) is 3.97. The van der Waals surface area contributed by atoms with E-state index in [1.165, 1.54) is 23.3 Å². The lowest BCUT2D eigenvalue weighted by molar-refractivity contribution is -0.126. The molecular weight excluding hydrogens is 318 g/mol. The van der Waals surface area contributed by atoms with Crippen LogP contribution in [0.25, 0.3) is 0 Å². The molecule has 1 atom stereocenters. The van der Waals surface area contributed by atoms with Crippen LogP contribution in [0.2, 0.25) is 0 Å². The number of hydrogen-bond donors (Lipinski definition) is 2. The molecule has 0 fully saturated rings. The monoisotopic (exact) mass is 333 g/mol. The molecule has 1 aliphatic heterocycles. The molecule has 0 radical (unpaired) electrons. The predicted octanol–water partition coefficient (Wildman–Crippen LogP) is 3.20. The molecule has 1 unspecified atom stereocenters. The van der Waals surface area contributed by atoms with Gasteiger partial charge in [-0.05, 0) is 44.4 Å². The molecule has 114 valence electrons. The van der Waals surface area contributed by atoms with Crippen molar-refractivity contribution in [3.63, 3.8) is 0 Å². The van der Waals surface area contributed by atoms with Gasteiger partial charge in [0.15, 0.2) is 4.75 Å². The maximum Gasteiger partial charge on any atom is 0.250 e. The van der Waals surface area contributed by atoms with Crippen LogP contribution in [0.3, 0.4) is 0 Å². The van der Waals surface area contributed by atoms with Crippen molar-refractivity contribution in [3.8, 4) is 0 Å². The third kappa shape index (κ3) is 2.40. The van der Waals surface area contributed by atoms with Crippen molar-refractivity contribution < 1.29 is 9.59 Å². The summed E-state index contributed by atoms with van der Waals surface area (Å²) in [6, 6.07) is 7.47. The first-order valence-corrected chi connectivity index (χ1v) is 8.34. The Balaban J connectivity index is 1.90. The number of rotatable bonds is 2. The smallest absolute Gasteiger partial charge is 0.250 e. The molecule has 1 aromatic heterocycles. The summed E-state index contributed by atoms with van der Waals surface area (Å²) in [7, 11) is 0. The first-order valence-electron chi connectivity index (χ1n) is 6.75. The van der Waals surface area contributed by atoms with Gasteiger partial charge in [0.1, 0.15) is 0 Å². The first kappa shape index (κ1) is 15.1. The van der Waals surface area contributed by atoms with Crippen LogP contribution in [-0.2, 0) is 9.59 Å². The molecule has 7 heteroatoms. The Morgan fingerprint density at radius 3 is 2.73 bits per heavy atom. The number of para-hydroxylation sites is 1. The van der Waals surface area contributed by atoms with Gasteiger partial charge < -0.3 is 10.6 Å². The summed E-state index contributed by atoms with van der Waals surface area (Å²) < 4.78 is 3.00. The van der Waals surface area contributed by atoms with Gasteiger partial charge in [-0.15, -0.1) is 0 Å². The van der Waals surface area contributed by atoms with Crippen molar-refractivity contribution in [3.05, 3.63) is 34.8 Å². The number of thioether (sulfide) groups is 1. The van der Waals surface area contributed by atoms with Crippen LogP contribution in [0, 0.1) is 13.8 Å². The van der Waals surface area contributed by atoms with Crippen molar-refractivity contribution in [2.45, 2.75) is 30.4 Å². The number of nitrogens with one attached hydrogen (secondary N) is 2. The van der Waals surface area contributed by atoms with Crippen molar-refractivity contribution in [1.82, 2.24) is 4.37 Å². The molecule has 2 amide bonds. The first-order chi connectivity index (χ1) is 10.4. The highest BCUT2D eigenvalue weighted by Crippen LogP contribution is 2.43. The minimum absolute atomic E-state index is 0.313. The van der Waals surface area contributed by atoms with Crippen LogP contribution < -0.4 is 10.6 Å². The summed E-state index contributed by atoms with van der Waals surface area (Å²) in [5.41, 5.74) is 2.21. The van der Waals surface area contributed by atoms with E-state index in [0.29, 0.717) is 5.69 Å². The lowest BCUT2D eigenvalue weighted by Gasteiger charge is -2.31. The molecule has 3 rings (SSSR count). The molecule has 2 N–H and O–H groups in total. The summed E-state index contributed by atoms with van der Waals surface area (Å²) >= 11 is 2.60. The summed E-state index contributed by atoms with van der Waals surface area (Å²) in [4.78, 5) is 26.9. The number of aryl methyl sites for hydroxylation is 2. The normalized spacial score (nSPS) is 20.2. The summed E-state index contributed by atoms with van der Waals surface area (Å²) in [6.07, 6.45) is 0. The van der Waals surface area contributed by atoms with E-state index in [1.54, 1.807) is 6.92 Å². The van der Waals surface area contributed by atoms with E-state index < -0.39 is 4.75 Å². The lowest BCUT2D eigenvalue weighted by Crippen LogP contribution is -2.49. The van der Waals surface area contributed by atoms with Gasteiger partial charge in [0.05, 0.1) is 17.1 Å². The fraction of sp³-hybridized carbons (Fsp3) is 0.267. The zero-order chi connectivity index (χ0) is 15.9. The second-order valence-corrected chi connectivity index (χ2v) is 7.68. The van der Waals surface area contributed by atoms with Gasteiger partial charge in [0.25, 0.3) is 0 Å². The van der Waals surface area contributed by atoms with Crippen LogP contribution in [0.4, 0.5) is 11.4 Å². The molecule has 2 heterocycles. The van der Waals surface area contributed by atoms with Gasteiger partial charge in [-0.2, -0.15) is 4.37 Å². The Hall–Kier alpha value is -1.86. The van der Waals surface area contributed by atoms with Crippen LogP contribution in [0.15, 0.2) is 29.2 Å². The number of nitrogens with zero attached hydrogens (tertiary/aromatic N) is 1. The van der Waals surface area contributed by atoms with E-state index in [-0.39, 0.29) is 11.8 Å². The molecule has 1 aromatic carbocycles. The quantitative estimate of drug-likeness (QED) is 0.828. The summed E-state index contributed by atoms with van der Waals surface area (Å²) in [5.74, 6) is -0.650. The van der Waals surface area contributed by atoms with Crippen LogP contribution in [0.1, 0.15) is 17.5 Å². The average Bonchev–Trinajstić information content (AvgIpc) is 2.80. The summed E-state index contributed by atoms with van der Waals surface area (Å²) in [5, 5.41) is 5.66. The van der Waals surface area contributed by atoms with E-state index in [0.717, 1.165) is 21.2 Å². The number of anilines is 2. The number of aromatic nitrogens is 1. The third-order valence-corrected chi connectivity index (χ3v) is 5.79. The molecule has 0 aliphatic carbocycles. The molecule has 0 spiro atoms. The number of fused-ring (bicyclic) bond motifs is 1. The van der Waals surface area contributed by atoms with E-state index in [9.17, 15) is 9.59 Å². The van der Waals surface area contributed by atoms with Crippen LogP contribution in [-0.4, -0.2) is 20.9 Å². The van der Waals surface area contributed by atoms with Crippen molar-refractivity contribution in [1.29, 1.82) is 0 Å². The Bertz CT molecular complexity index is 752. The van der Waals surface area contributed by atoms with Gasteiger partial charge in [-0.1, -0.05) is 23.9 Å². The summed E-state index contributed by atoms with van der Waals surface area (Å²) in [6.45, 7) is 5.37. The lowest BCUT2D eigenvalue weighted by atomic mass is 10.1. The molecule has 0 bridgehead atoms. The Morgan fingerprint density at radius 2 is 2.05 bits per heavy atom. The van der Waals surface area contributed by atoms with Crippen molar-refractivity contribution in [2.75, 3.05) is 10.6 Å². The highest BCUT2D eigenvalue weighted by atomic mass is 32.2. The van der Waals surface area contributed by atoms with E-state index >= 15 is 0 Å². The van der Waals surface area contributed by atoms with Gasteiger partial charge in [0.2, 0.25) is 11.8 Å². The van der Waals surface area contributed by atoms with Crippen LogP contribution in [0.5, 0.6) is 0 Å². The average molecular weight is 333 g/mol. The van der Waals surface area contributed by atoms with Gasteiger partial charge >= 0.3 is 0 Å². The molecule has 0 saturated heterocycles. The molecule has 5 nitrogen and oxygen atoms in total.